The number of aromatic nitrogens is 1. The molecule has 0 radical (unpaired) electrons. The quantitative estimate of drug-likeness (QED) is 0.904. The third kappa shape index (κ3) is 3.94. The predicted molar refractivity (Wildman–Crippen MR) is 83.7 cm³/mol. The minimum atomic E-state index is 0.0738. The standard InChI is InChI=1S/C16H25N3O2/c1-4-6-14-9-13(10-15(18-14)17-5-2)16(20)19-7-8-21-11-12(19)3/h9-10,12H,4-8,11H2,1-3H3,(H,17,18). The summed E-state index contributed by atoms with van der Waals surface area (Å²) in [6.07, 6.45) is 1.91. The zero-order valence-corrected chi connectivity index (χ0v) is 13.2. The molecule has 5 nitrogen and oxygen atoms in total. The molecule has 0 aromatic carbocycles. The predicted octanol–water partition coefficient (Wildman–Crippen LogP) is 2.33. The average molecular weight is 291 g/mol. The molecule has 1 N–H and O–H groups in total. The number of amides is 1. The number of aryl methyl sites for hydroxylation is 1. The van der Waals surface area contributed by atoms with Crippen molar-refractivity contribution in [3.63, 3.8) is 0 Å². The number of anilines is 1. The van der Waals surface area contributed by atoms with E-state index in [1.54, 1.807) is 0 Å². The van der Waals surface area contributed by atoms with E-state index in [0.717, 1.165) is 36.5 Å². The Morgan fingerprint density at radius 3 is 2.95 bits per heavy atom. The molecule has 116 valence electrons. The number of nitrogens with one attached hydrogen (secondary N) is 1. The summed E-state index contributed by atoms with van der Waals surface area (Å²) in [4.78, 5) is 19.2. The lowest BCUT2D eigenvalue weighted by Crippen LogP contribution is -2.47. The topological polar surface area (TPSA) is 54.5 Å². The Kier molecular flexibility index (Phi) is 5.56. The van der Waals surface area contributed by atoms with Crippen LogP contribution in [-0.4, -0.2) is 48.1 Å². The van der Waals surface area contributed by atoms with Crippen LogP contribution in [0.5, 0.6) is 0 Å². The van der Waals surface area contributed by atoms with Gasteiger partial charge < -0.3 is 15.0 Å². The SMILES string of the molecule is CCCc1cc(C(=O)N2CCOCC2C)cc(NCC)n1. The third-order valence-electron chi connectivity index (χ3n) is 3.62. The summed E-state index contributed by atoms with van der Waals surface area (Å²) in [7, 11) is 0. The van der Waals surface area contributed by atoms with Gasteiger partial charge in [-0.05, 0) is 32.4 Å². The van der Waals surface area contributed by atoms with Crippen LogP contribution in [0.1, 0.15) is 43.2 Å². The fraction of sp³-hybridized carbons (Fsp3) is 0.625. The van der Waals surface area contributed by atoms with Gasteiger partial charge in [0.05, 0.1) is 19.3 Å². The molecule has 1 saturated heterocycles. The molecular formula is C16H25N3O2. The maximum absolute atomic E-state index is 12.7. The van der Waals surface area contributed by atoms with E-state index in [2.05, 4.69) is 17.2 Å². The molecule has 0 bridgehead atoms. The Labute approximate surface area is 126 Å². The van der Waals surface area contributed by atoms with E-state index >= 15 is 0 Å². The first-order valence-electron chi connectivity index (χ1n) is 7.79. The largest absolute Gasteiger partial charge is 0.377 e. The zero-order chi connectivity index (χ0) is 15.2. The van der Waals surface area contributed by atoms with Crippen LogP contribution in [-0.2, 0) is 11.2 Å². The third-order valence-corrected chi connectivity index (χ3v) is 3.62. The first-order chi connectivity index (χ1) is 10.2. The molecule has 2 heterocycles. The van der Waals surface area contributed by atoms with Gasteiger partial charge in [0, 0.05) is 24.3 Å². The minimum Gasteiger partial charge on any atom is -0.377 e. The summed E-state index contributed by atoms with van der Waals surface area (Å²) in [6, 6.07) is 3.90. The van der Waals surface area contributed by atoms with Crippen molar-refractivity contribution in [2.45, 2.75) is 39.7 Å². The van der Waals surface area contributed by atoms with E-state index in [4.69, 9.17) is 4.74 Å². The summed E-state index contributed by atoms with van der Waals surface area (Å²) >= 11 is 0. The lowest BCUT2D eigenvalue weighted by atomic mass is 10.1. The summed E-state index contributed by atoms with van der Waals surface area (Å²) < 4.78 is 5.40. The van der Waals surface area contributed by atoms with E-state index in [9.17, 15) is 4.79 Å². The van der Waals surface area contributed by atoms with E-state index in [0.29, 0.717) is 19.8 Å². The van der Waals surface area contributed by atoms with E-state index in [1.807, 2.05) is 30.9 Å². The van der Waals surface area contributed by atoms with Gasteiger partial charge in [0.25, 0.3) is 5.91 Å². The second-order valence-corrected chi connectivity index (χ2v) is 5.44. The fourth-order valence-electron chi connectivity index (χ4n) is 2.56. The van der Waals surface area contributed by atoms with Crippen LogP contribution < -0.4 is 5.32 Å². The molecule has 1 amide bonds. The van der Waals surface area contributed by atoms with Gasteiger partial charge in [0.2, 0.25) is 0 Å². The van der Waals surface area contributed by atoms with Gasteiger partial charge in [-0.25, -0.2) is 4.98 Å². The highest BCUT2D eigenvalue weighted by atomic mass is 16.5. The van der Waals surface area contributed by atoms with Crippen molar-refractivity contribution < 1.29 is 9.53 Å². The summed E-state index contributed by atoms with van der Waals surface area (Å²) in [5.74, 6) is 0.859. The fourth-order valence-corrected chi connectivity index (χ4v) is 2.56. The number of hydrogen-bond donors (Lipinski definition) is 1. The van der Waals surface area contributed by atoms with Gasteiger partial charge in [-0.3, -0.25) is 4.79 Å². The van der Waals surface area contributed by atoms with Crippen molar-refractivity contribution in [1.82, 2.24) is 9.88 Å². The van der Waals surface area contributed by atoms with E-state index < -0.39 is 0 Å². The number of rotatable bonds is 5. The monoisotopic (exact) mass is 291 g/mol. The Morgan fingerprint density at radius 1 is 1.48 bits per heavy atom. The van der Waals surface area contributed by atoms with Gasteiger partial charge in [0.1, 0.15) is 5.82 Å². The molecule has 1 aromatic heterocycles. The van der Waals surface area contributed by atoms with Gasteiger partial charge in [0.15, 0.2) is 0 Å². The second-order valence-electron chi connectivity index (χ2n) is 5.44. The average Bonchev–Trinajstić information content (AvgIpc) is 2.47. The number of carbonyl (C=O) groups is 1. The molecule has 0 saturated carbocycles. The van der Waals surface area contributed by atoms with Crippen molar-refractivity contribution in [1.29, 1.82) is 0 Å². The van der Waals surface area contributed by atoms with Crippen molar-refractivity contribution >= 4 is 11.7 Å². The first kappa shape index (κ1) is 15.8. The van der Waals surface area contributed by atoms with Gasteiger partial charge in [-0.1, -0.05) is 13.3 Å². The van der Waals surface area contributed by atoms with Crippen molar-refractivity contribution in [3.8, 4) is 0 Å². The first-order valence-corrected chi connectivity index (χ1v) is 7.79. The molecule has 1 aliphatic heterocycles. The molecule has 0 spiro atoms. The summed E-state index contributed by atoms with van der Waals surface area (Å²) in [5.41, 5.74) is 1.69. The number of morpholine rings is 1. The summed E-state index contributed by atoms with van der Waals surface area (Å²) in [5, 5.41) is 3.21. The number of nitrogens with zero attached hydrogens (tertiary/aromatic N) is 2. The molecule has 21 heavy (non-hydrogen) atoms. The Balaban J connectivity index is 2.25. The van der Waals surface area contributed by atoms with Crippen molar-refractivity contribution in [2.24, 2.45) is 0 Å². The van der Waals surface area contributed by atoms with Crippen LogP contribution >= 0.6 is 0 Å². The number of carbonyl (C=O) groups excluding carboxylic acids is 1. The highest BCUT2D eigenvalue weighted by molar-refractivity contribution is 5.95. The molecular weight excluding hydrogens is 266 g/mol. The molecule has 1 aliphatic rings. The normalized spacial score (nSPS) is 18.6. The Bertz CT molecular complexity index is 466. The van der Waals surface area contributed by atoms with Crippen LogP contribution in [0.3, 0.4) is 0 Å². The Hall–Kier alpha value is -1.62. The van der Waals surface area contributed by atoms with Crippen LogP contribution in [0.4, 0.5) is 5.82 Å². The van der Waals surface area contributed by atoms with Crippen LogP contribution in [0.25, 0.3) is 0 Å². The van der Waals surface area contributed by atoms with Crippen molar-refractivity contribution in [2.75, 3.05) is 31.6 Å². The lowest BCUT2D eigenvalue weighted by Gasteiger charge is -2.33. The maximum Gasteiger partial charge on any atom is 0.254 e. The Morgan fingerprint density at radius 2 is 2.29 bits per heavy atom. The molecule has 1 aromatic rings. The molecule has 1 fully saturated rings. The lowest BCUT2D eigenvalue weighted by molar-refractivity contribution is 0.00358. The molecule has 1 atom stereocenters. The van der Waals surface area contributed by atoms with Gasteiger partial charge in [-0.2, -0.15) is 0 Å². The van der Waals surface area contributed by atoms with Gasteiger partial charge in [-0.15, -0.1) is 0 Å². The molecule has 2 rings (SSSR count). The van der Waals surface area contributed by atoms with E-state index in [-0.39, 0.29) is 11.9 Å². The van der Waals surface area contributed by atoms with Crippen LogP contribution in [0.15, 0.2) is 12.1 Å². The number of hydrogen-bond acceptors (Lipinski definition) is 4. The van der Waals surface area contributed by atoms with Crippen molar-refractivity contribution in [3.05, 3.63) is 23.4 Å². The second kappa shape index (κ2) is 7.41. The van der Waals surface area contributed by atoms with E-state index in [1.165, 1.54) is 0 Å². The van der Waals surface area contributed by atoms with Crippen LogP contribution in [0, 0.1) is 0 Å². The summed E-state index contributed by atoms with van der Waals surface area (Å²) in [6.45, 7) is 8.84. The number of pyridine rings is 1. The smallest absolute Gasteiger partial charge is 0.254 e. The molecule has 0 aliphatic carbocycles. The molecule has 1 unspecified atom stereocenters. The zero-order valence-electron chi connectivity index (χ0n) is 13.2. The highest BCUT2D eigenvalue weighted by Crippen LogP contribution is 2.17. The maximum atomic E-state index is 12.7. The highest BCUT2D eigenvalue weighted by Gasteiger charge is 2.25. The minimum absolute atomic E-state index is 0.0738. The number of ether oxygens (including phenoxy) is 1. The van der Waals surface area contributed by atoms with Crippen LogP contribution in [0.2, 0.25) is 0 Å². The van der Waals surface area contributed by atoms with Gasteiger partial charge >= 0.3 is 0 Å². The molecule has 5 heteroatoms.